The highest BCUT2D eigenvalue weighted by atomic mass is 32.2. The van der Waals surface area contributed by atoms with Crippen molar-refractivity contribution in [1.82, 2.24) is 0 Å². The van der Waals surface area contributed by atoms with Gasteiger partial charge in [-0.15, -0.1) is 0 Å². The largest absolute Gasteiger partial charge is 0.371 e. The summed E-state index contributed by atoms with van der Waals surface area (Å²) < 4.78 is 23.5. The Labute approximate surface area is 153 Å². The van der Waals surface area contributed by atoms with Crippen LogP contribution in [0.2, 0.25) is 0 Å². The Kier molecular flexibility index (Phi) is 4.09. The second kappa shape index (κ2) is 6.42. The third-order valence-electron chi connectivity index (χ3n) is 4.43. The zero-order valence-electron chi connectivity index (χ0n) is 14.3. The lowest BCUT2D eigenvalue weighted by Crippen LogP contribution is -2.24. The van der Waals surface area contributed by atoms with Crippen LogP contribution in [0.3, 0.4) is 0 Å². The summed E-state index contributed by atoms with van der Waals surface area (Å²) in [5, 5.41) is 3.56. The first kappa shape index (κ1) is 16.5. The molecule has 0 amide bonds. The van der Waals surface area contributed by atoms with Gasteiger partial charge in [0.05, 0.1) is 28.0 Å². The van der Waals surface area contributed by atoms with Gasteiger partial charge in [-0.05, 0) is 35.4 Å². The van der Waals surface area contributed by atoms with Crippen LogP contribution in [0.15, 0.2) is 88.8 Å². The molecule has 26 heavy (non-hydrogen) atoms. The van der Waals surface area contributed by atoms with Crippen molar-refractivity contribution in [2.24, 2.45) is 4.99 Å². The fourth-order valence-electron chi connectivity index (χ4n) is 3.10. The molecular weight excluding hydrogens is 344 g/mol. The van der Waals surface area contributed by atoms with Crippen molar-refractivity contribution in [2.45, 2.75) is 10.9 Å². The molecular formula is C21H18N2O2S. The van der Waals surface area contributed by atoms with Crippen LogP contribution in [0.5, 0.6) is 0 Å². The monoisotopic (exact) mass is 362 g/mol. The Morgan fingerprint density at radius 3 is 2.19 bits per heavy atom. The molecule has 0 bridgehead atoms. The highest BCUT2D eigenvalue weighted by Gasteiger charge is 2.25. The summed E-state index contributed by atoms with van der Waals surface area (Å²) in [4.78, 5) is 5.18. The minimum Gasteiger partial charge on any atom is -0.371 e. The number of benzene rings is 3. The van der Waals surface area contributed by atoms with Gasteiger partial charge in [0.25, 0.3) is 0 Å². The maximum atomic E-state index is 11.7. The molecule has 0 fully saturated rings. The van der Waals surface area contributed by atoms with Crippen molar-refractivity contribution in [2.75, 3.05) is 11.6 Å². The second-order valence-corrected chi connectivity index (χ2v) is 8.31. The van der Waals surface area contributed by atoms with E-state index in [0.29, 0.717) is 4.90 Å². The van der Waals surface area contributed by atoms with Gasteiger partial charge in [-0.3, -0.25) is 0 Å². The fraction of sp³-hybridized carbons (Fsp3) is 0.0952. The van der Waals surface area contributed by atoms with E-state index in [0.717, 1.165) is 28.2 Å². The summed E-state index contributed by atoms with van der Waals surface area (Å²) in [5.41, 5.74) is 4.73. The molecule has 1 atom stereocenters. The van der Waals surface area contributed by atoms with Gasteiger partial charge in [0.15, 0.2) is 9.84 Å². The number of aliphatic imine (C=N–C) groups is 1. The van der Waals surface area contributed by atoms with Crippen LogP contribution in [0, 0.1) is 0 Å². The fourth-order valence-corrected chi connectivity index (χ4v) is 3.73. The van der Waals surface area contributed by atoms with Crippen molar-refractivity contribution >= 4 is 26.9 Å². The molecule has 4 rings (SSSR count). The second-order valence-electron chi connectivity index (χ2n) is 6.30. The summed E-state index contributed by atoms with van der Waals surface area (Å²) in [7, 11) is -3.22. The third-order valence-corrected chi connectivity index (χ3v) is 5.56. The maximum Gasteiger partial charge on any atom is 0.175 e. The standard InChI is InChI=1S/C21H18N2O2S/c1-26(24,25)17-13-11-16(12-14-17)21-20(15-7-3-2-4-8-15)22-18-9-5-6-10-19(18)23-21/h2-14,20,22H,1H3. The smallest absolute Gasteiger partial charge is 0.175 e. The van der Waals surface area contributed by atoms with Gasteiger partial charge in [-0.1, -0.05) is 54.6 Å². The van der Waals surface area contributed by atoms with Gasteiger partial charge in [0.2, 0.25) is 0 Å². The average molecular weight is 362 g/mol. The van der Waals surface area contributed by atoms with Gasteiger partial charge in [0.1, 0.15) is 0 Å². The number of nitrogens with one attached hydrogen (secondary N) is 1. The zero-order valence-corrected chi connectivity index (χ0v) is 15.1. The van der Waals surface area contributed by atoms with Crippen LogP contribution in [0.1, 0.15) is 17.2 Å². The molecule has 1 N–H and O–H groups in total. The number of sulfone groups is 1. The highest BCUT2D eigenvalue weighted by Crippen LogP contribution is 2.36. The minimum absolute atomic E-state index is 0.102. The summed E-state index contributed by atoms with van der Waals surface area (Å²) in [6, 6.07) is 24.8. The molecule has 0 aromatic heterocycles. The molecule has 1 unspecified atom stereocenters. The van der Waals surface area contributed by atoms with Crippen LogP contribution in [-0.2, 0) is 9.84 Å². The number of anilines is 1. The number of hydrogen-bond acceptors (Lipinski definition) is 4. The van der Waals surface area contributed by atoms with Crippen molar-refractivity contribution in [3.8, 4) is 0 Å². The Hall–Kier alpha value is -2.92. The van der Waals surface area contributed by atoms with Crippen LogP contribution in [0.4, 0.5) is 11.4 Å². The lowest BCUT2D eigenvalue weighted by molar-refractivity contribution is 0.602. The molecule has 1 aliphatic rings. The molecule has 3 aromatic carbocycles. The van der Waals surface area contributed by atoms with Crippen molar-refractivity contribution in [3.63, 3.8) is 0 Å². The van der Waals surface area contributed by atoms with Gasteiger partial charge in [-0.2, -0.15) is 0 Å². The van der Waals surface area contributed by atoms with E-state index >= 15 is 0 Å². The predicted octanol–water partition coefficient (Wildman–Crippen LogP) is 4.38. The Bertz CT molecular complexity index is 1070. The first-order valence-electron chi connectivity index (χ1n) is 8.32. The van der Waals surface area contributed by atoms with Gasteiger partial charge in [-0.25, -0.2) is 13.4 Å². The first-order chi connectivity index (χ1) is 12.5. The van der Waals surface area contributed by atoms with Gasteiger partial charge in [0, 0.05) is 6.26 Å². The summed E-state index contributed by atoms with van der Waals surface area (Å²) in [5.74, 6) is 0. The van der Waals surface area contributed by atoms with Crippen molar-refractivity contribution < 1.29 is 8.42 Å². The topological polar surface area (TPSA) is 58.5 Å². The molecule has 0 spiro atoms. The molecule has 0 aliphatic carbocycles. The number of rotatable bonds is 3. The number of hydrogen-bond donors (Lipinski definition) is 1. The SMILES string of the molecule is CS(=O)(=O)c1ccc(C2=Nc3ccccc3NC2c2ccccc2)cc1. The number of fused-ring (bicyclic) bond motifs is 1. The van der Waals surface area contributed by atoms with Crippen LogP contribution in [-0.4, -0.2) is 20.4 Å². The molecule has 4 nitrogen and oxygen atoms in total. The molecule has 0 saturated carbocycles. The van der Waals surface area contributed by atoms with Crippen molar-refractivity contribution in [1.29, 1.82) is 0 Å². The number of para-hydroxylation sites is 2. The van der Waals surface area contributed by atoms with Gasteiger partial charge < -0.3 is 5.32 Å². The molecule has 1 aliphatic heterocycles. The molecule has 1 heterocycles. The molecule has 5 heteroatoms. The predicted molar refractivity (Wildman–Crippen MR) is 105 cm³/mol. The van der Waals surface area contributed by atoms with E-state index in [2.05, 4.69) is 17.4 Å². The third kappa shape index (κ3) is 3.13. The van der Waals surface area contributed by atoms with Crippen molar-refractivity contribution in [3.05, 3.63) is 90.0 Å². The molecule has 0 saturated heterocycles. The van der Waals surface area contributed by atoms with Crippen LogP contribution in [0.25, 0.3) is 0 Å². The van der Waals surface area contributed by atoms with Crippen LogP contribution >= 0.6 is 0 Å². The lowest BCUT2D eigenvalue weighted by atomic mass is 9.94. The van der Waals surface area contributed by atoms with E-state index in [1.165, 1.54) is 6.26 Å². The van der Waals surface area contributed by atoms with E-state index < -0.39 is 9.84 Å². The molecule has 3 aromatic rings. The summed E-state index contributed by atoms with van der Waals surface area (Å²) >= 11 is 0. The van der Waals surface area contributed by atoms with Crippen LogP contribution < -0.4 is 5.32 Å². The Morgan fingerprint density at radius 2 is 1.50 bits per heavy atom. The van der Waals surface area contributed by atoms with E-state index in [1.54, 1.807) is 12.1 Å². The quantitative estimate of drug-likeness (QED) is 0.752. The van der Waals surface area contributed by atoms with E-state index in [9.17, 15) is 8.42 Å². The summed E-state index contributed by atoms with van der Waals surface area (Å²) in [6.07, 6.45) is 1.21. The summed E-state index contributed by atoms with van der Waals surface area (Å²) in [6.45, 7) is 0. The van der Waals surface area contributed by atoms with E-state index in [1.807, 2.05) is 54.6 Å². The van der Waals surface area contributed by atoms with Gasteiger partial charge >= 0.3 is 0 Å². The maximum absolute atomic E-state index is 11.7. The molecule has 130 valence electrons. The average Bonchev–Trinajstić information content (AvgIpc) is 2.67. The Morgan fingerprint density at radius 1 is 0.846 bits per heavy atom. The lowest BCUT2D eigenvalue weighted by Gasteiger charge is -2.28. The normalized spacial score (nSPS) is 16.3. The zero-order chi connectivity index (χ0) is 18.1. The van der Waals surface area contributed by atoms with E-state index in [4.69, 9.17) is 4.99 Å². The first-order valence-corrected chi connectivity index (χ1v) is 10.2. The minimum atomic E-state index is -3.22. The number of nitrogens with zero attached hydrogens (tertiary/aromatic N) is 1. The Balaban J connectivity index is 1.83. The molecule has 0 radical (unpaired) electrons. The highest BCUT2D eigenvalue weighted by molar-refractivity contribution is 7.90. The van der Waals surface area contributed by atoms with E-state index in [-0.39, 0.29) is 6.04 Å².